The highest BCUT2D eigenvalue weighted by Crippen LogP contribution is 2.15. The molecule has 2 aromatic rings. The van der Waals surface area contributed by atoms with E-state index in [-0.39, 0.29) is 6.04 Å². The maximum atomic E-state index is 6.00. The van der Waals surface area contributed by atoms with Crippen LogP contribution in [0.2, 0.25) is 0 Å². The van der Waals surface area contributed by atoms with Crippen molar-refractivity contribution in [3.63, 3.8) is 0 Å². The normalized spacial score (nSPS) is 19.2. The Morgan fingerprint density at radius 2 is 2.10 bits per heavy atom. The van der Waals surface area contributed by atoms with Crippen molar-refractivity contribution in [3.05, 3.63) is 41.7 Å². The predicted molar refractivity (Wildman–Crippen MR) is 79.7 cm³/mol. The second-order valence-electron chi connectivity index (χ2n) is 5.42. The monoisotopic (exact) mass is 271 g/mol. The maximum absolute atomic E-state index is 6.00. The Morgan fingerprint density at radius 3 is 2.90 bits per heavy atom. The Hall–Kier alpha value is -1.88. The van der Waals surface area contributed by atoms with Gasteiger partial charge in [0.15, 0.2) is 0 Å². The van der Waals surface area contributed by atoms with Crippen LogP contribution in [0.25, 0.3) is 0 Å². The van der Waals surface area contributed by atoms with Crippen LogP contribution in [0.5, 0.6) is 0 Å². The van der Waals surface area contributed by atoms with Gasteiger partial charge in [0.1, 0.15) is 5.82 Å². The molecule has 20 heavy (non-hydrogen) atoms. The number of anilines is 1. The highest BCUT2D eigenvalue weighted by Gasteiger charge is 2.19. The van der Waals surface area contributed by atoms with E-state index in [9.17, 15) is 0 Å². The topological polar surface area (TPSA) is 70.8 Å². The summed E-state index contributed by atoms with van der Waals surface area (Å²) in [4.78, 5) is 6.76. The second-order valence-corrected chi connectivity index (χ2v) is 5.42. The molecule has 1 aliphatic heterocycles. The van der Waals surface area contributed by atoms with E-state index in [2.05, 4.69) is 44.3 Å². The first-order chi connectivity index (χ1) is 9.81. The Morgan fingerprint density at radius 1 is 1.25 bits per heavy atom. The third kappa shape index (κ3) is 3.17. The van der Waals surface area contributed by atoms with Gasteiger partial charge in [-0.2, -0.15) is 4.98 Å². The molecular formula is C15H21N5. The van der Waals surface area contributed by atoms with E-state index >= 15 is 0 Å². The van der Waals surface area contributed by atoms with E-state index in [0.717, 1.165) is 50.5 Å². The molecule has 5 heteroatoms. The molecule has 0 spiro atoms. The number of H-pyrrole nitrogens is 1. The van der Waals surface area contributed by atoms with Crippen LogP contribution >= 0.6 is 0 Å². The Labute approximate surface area is 119 Å². The number of nitrogens with one attached hydrogen (secondary N) is 1. The SMILES string of the molecule is NC1CCCN(c2n[nH]c(CCc3ccccc3)n2)C1. The molecule has 1 aliphatic rings. The van der Waals surface area contributed by atoms with Gasteiger partial charge in [0.2, 0.25) is 5.95 Å². The number of hydrogen-bond acceptors (Lipinski definition) is 4. The number of nitrogens with two attached hydrogens (primary N) is 1. The third-order valence-corrected chi connectivity index (χ3v) is 3.75. The van der Waals surface area contributed by atoms with E-state index < -0.39 is 0 Å². The van der Waals surface area contributed by atoms with Crippen LogP contribution in [0.3, 0.4) is 0 Å². The molecule has 1 atom stereocenters. The first-order valence-corrected chi connectivity index (χ1v) is 7.27. The summed E-state index contributed by atoms with van der Waals surface area (Å²) in [5.41, 5.74) is 7.32. The average Bonchev–Trinajstić information content (AvgIpc) is 2.95. The Bertz CT molecular complexity index is 536. The number of benzene rings is 1. The smallest absolute Gasteiger partial charge is 0.244 e. The molecule has 0 amide bonds. The van der Waals surface area contributed by atoms with Gasteiger partial charge in [0.05, 0.1) is 0 Å². The van der Waals surface area contributed by atoms with Gasteiger partial charge >= 0.3 is 0 Å². The van der Waals surface area contributed by atoms with Crippen LogP contribution in [0.15, 0.2) is 30.3 Å². The van der Waals surface area contributed by atoms with Gasteiger partial charge in [-0.1, -0.05) is 30.3 Å². The highest BCUT2D eigenvalue weighted by atomic mass is 15.4. The minimum atomic E-state index is 0.245. The summed E-state index contributed by atoms with van der Waals surface area (Å²) in [7, 11) is 0. The van der Waals surface area contributed by atoms with Gasteiger partial charge in [-0.3, -0.25) is 5.10 Å². The lowest BCUT2D eigenvalue weighted by Crippen LogP contribution is -2.43. The summed E-state index contributed by atoms with van der Waals surface area (Å²) in [5.74, 6) is 1.74. The van der Waals surface area contributed by atoms with Crippen molar-refractivity contribution in [2.24, 2.45) is 5.73 Å². The lowest BCUT2D eigenvalue weighted by atomic mass is 10.1. The molecule has 3 rings (SSSR count). The van der Waals surface area contributed by atoms with Crippen LogP contribution in [0.4, 0.5) is 5.95 Å². The molecule has 1 aromatic heterocycles. The van der Waals surface area contributed by atoms with Crippen molar-refractivity contribution in [3.8, 4) is 0 Å². The van der Waals surface area contributed by atoms with Crippen molar-refractivity contribution >= 4 is 5.95 Å². The number of rotatable bonds is 4. The third-order valence-electron chi connectivity index (χ3n) is 3.75. The lowest BCUT2D eigenvalue weighted by molar-refractivity contribution is 0.500. The zero-order chi connectivity index (χ0) is 13.8. The van der Waals surface area contributed by atoms with Crippen molar-refractivity contribution in [2.45, 2.75) is 31.7 Å². The molecule has 5 nitrogen and oxygen atoms in total. The fourth-order valence-electron chi connectivity index (χ4n) is 2.64. The molecule has 1 saturated heterocycles. The number of piperidine rings is 1. The number of hydrogen-bond donors (Lipinski definition) is 2. The molecule has 2 heterocycles. The van der Waals surface area contributed by atoms with Gasteiger partial charge < -0.3 is 10.6 Å². The summed E-state index contributed by atoms with van der Waals surface area (Å²) in [5, 5.41) is 7.37. The highest BCUT2D eigenvalue weighted by molar-refractivity contribution is 5.30. The summed E-state index contributed by atoms with van der Waals surface area (Å²) < 4.78 is 0. The van der Waals surface area contributed by atoms with Crippen LogP contribution in [-0.4, -0.2) is 34.3 Å². The van der Waals surface area contributed by atoms with E-state index in [1.807, 2.05) is 6.07 Å². The fourth-order valence-corrected chi connectivity index (χ4v) is 2.64. The van der Waals surface area contributed by atoms with Crippen molar-refractivity contribution in [1.29, 1.82) is 0 Å². The minimum Gasteiger partial charge on any atom is -0.338 e. The lowest BCUT2D eigenvalue weighted by Gasteiger charge is -2.29. The van der Waals surface area contributed by atoms with Crippen LogP contribution in [-0.2, 0) is 12.8 Å². The molecule has 0 saturated carbocycles. The van der Waals surface area contributed by atoms with Gasteiger partial charge in [0, 0.05) is 25.6 Å². The van der Waals surface area contributed by atoms with Crippen molar-refractivity contribution in [1.82, 2.24) is 15.2 Å². The van der Waals surface area contributed by atoms with Gasteiger partial charge in [-0.15, -0.1) is 5.10 Å². The van der Waals surface area contributed by atoms with Crippen LogP contribution < -0.4 is 10.6 Å². The Kier molecular flexibility index (Phi) is 3.97. The summed E-state index contributed by atoms with van der Waals surface area (Å²) >= 11 is 0. The van der Waals surface area contributed by atoms with Gasteiger partial charge in [-0.05, 0) is 24.8 Å². The number of aromatic nitrogens is 3. The van der Waals surface area contributed by atoms with Gasteiger partial charge in [0.25, 0.3) is 0 Å². The Balaban J connectivity index is 1.59. The fraction of sp³-hybridized carbons (Fsp3) is 0.467. The summed E-state index contributed by atoms with van der Waals surface area (Å²) in [6.45, 7) is 1.86. The number of nitrogens with zero attached hydrogens (tertiary/aromatic N) is 3. The molecule has 0 bridgehead atoms. The minimum absolute atomic E-state index is 0.245. The first kappa shape index (κ1) is 13.1. The van der Waals surface area contributed by atoms with E-state index in [4.69, 9.17) is 5.73 Å². The van der Waals surface area contributed by atoms with E-state index in [1.165, 1.54) is 5.56 Å². The molecular weight excluding hydrogens is 250 g/mol. The van der Waals surface area contributed by atoms with Crippen molar-refractivity contribution < 1.29 is 0 Å². The quantitative estimate of drug-likeness (QED) is 0.884. The van der Waals surface area contributed by atoms with Crippen molar-refractivity contribution in [2.75, 3.05) is 18.0 Å². The largest absolute Gasteiger partial charge is 0.338 e. The first-order valence-electron chi connectivity index (χ1n) is 7.27. The molecule has 3 N–H and O–H groups in total. The zero-order valence-electron chi connectivity index (χ0n) is 11.6. The maximum Gasteiger partial charge on any atom is 0.244 e. The van der Waals surface area contributed by atoms with Gasteiger partial charge in [-0.25, -0.2) is 0 Å². The number of aryl methyl sites for hydroxylation is 2. The zero-order valence-corrected chi connectivity index (χ0v) is 11.6. The average molecular weight is 271 g/mol. The molecule has 0 aliphatic carbocycles. The van der Waals surface area contributed by atoms with Crippen LogP contribution in [0, 0.1) is 0 Å². The van der Waals surface area contributed by atoms with E-state index in [0.29, 0.717) is 0 Å². The molecule has 1 unspecified atom stereocenters. The molecule has 106 valence electrons. The standard InChI is InChI=1S/C15H21N5/c16-13-7-4-10-20(11-13)15-17-14(18-19-15)9-8-12-5-2-1-3-6-12/h1-3,5-6,13H,4,7-11,16H2,(H,17,18,19). The number of aromatic amines is 1. The summed E-state index contributed by atoms with van der Waals surface area (Å²) in [6.07, 6.45) is 4.09. The molecule has 1 fully saturated rings. The summed E-state index contributed by atoms with van der Waals surface area (Å²) in [6, 6.07) is 10.7. The van der Waals surface area contributed by atoms with Crippen LogP contribution in [0.1, 0.15) is 24.2 Å². The predicted octanol–water partition coefficient (Wildman–Crippen LogP) is 1.52. The molecule has 0 radical (unpaired) electrons. The second kappa shape index (κ2) is 6.05. The molecule has 1 aromatic carbocycles. The van der Waals surface area contributed by atoms with E-state index in [1.54, 1.807) is 0 Å².